The Labute approximate surface area is 164 Å². The monoisotopic (exact) mass is 428 g/mol. The Morgan fingerprint density at radius 3 is 2.19 bits per heavy atom. The number of hydrogen-bond donors (Lipinski definition) is 0. The second-order valence-corrected chi connectivity index (χ2v) is 7.50. The summed E-state index contributed by atoms with van der Waals surface area (Å²) in [6.45, 7) is -0.222. The predicted octanol–water partition coefficient (Wildman–Crippen LogP) is 5.54. The maximum absolute atomic E-state index is 12.2. The molecular formula is C21H17BrO3S. The standard InChI is InChI=1S/C21H17BrO3S/c22-19-8-6-17(7-9-19)16-2-4-18(5-3-16)20(23)13-25-21(24)10-1-15-11-12-26-14-15/h2-9,11-12,14H,1,10,13H2. The summed E-state index contributed by atoms with van der Waals surface area (Å²) in [5, 5.41) is 3.98. The van der Waals surface area contributed by atoms with Crippen LogP contribution in [0.2, 0.25) is 0 Å². The van der Waals surface area contributed by atoms with E-state index in [0.717, 1.165) is 21.2 Å². The van der Waals surface area contributed by atoms with Gasteiger partial charge in [0.25, 0.3) is 0 Å². The van der Waals surface area contributed by atoms with E-state index >= 15 is 0 Å². The van der Waals surface area contributed by atoms with Crippen LogP contribution in [-0.4, -0.2) is 18.4 Å². The molecule has 0 unspecified atom stereocenters. The Bertz CT molecular complexity index is 869. The molecule has 3 aromatic rings. The van der Waals surface area contributed by atoms with Crippen molar-refractivity contribution < 1.29 is 14.3 Å². The highest BCUT2D eigenvalue weighted by Crippen LogP contribution is 2.22. The third-order valence-electron chi connectivity index (χ3n) is 3.95. The molecule has 0 spiro atoms. The molecule has 0 aliphatic carbocycles. The Morgan fingerprint density at radius 2 is 1.58 bits per heavy atom. The minimum absolute atomic E-state index is 0.198. The highest BCUT2D eigenvalue weighted by molar-refractivity contribution is 9.10. The lowest BCUT2D eigenvalue weighted by atomic mass is 10.0. The van der Waals surface area contributed by atoms with Gasteiger partial charge in [-0.05, 0) is 52.1 Å². The first kappa shape index (κ1) is 18.5. The molecule has 26 heavy (non-hydrogen) atoms. The van der Waals surface area contributed by atoms with E-state index in [4.69, 9.17) is 4.74 Å². The van der Waals surface area contributed by atoms with Crippen molar-refractivity contribution in [2.24, 2.45) is 0 Å². The van der Waals surface area contributed by atoms with Crippen molar-refractivity contribution >= 4 is 39.0 Å². The molecule has 1 heterocycles. The smallest absolute Gasteiger partial charge is 0.306 e. The number of hydrogen-bond acceptors (Lipinski definition) is 4. The quantitative estimate of drug-likeness (QED) is 0.366. The first-order valence-corrected chi connectivity index (χ1v) is 9.91. The van der Waals surface area contributed by atoms with Crippen molar-refractivity contribution in [1.82, 2.24) is 0 Å². The minimum atomic E-state index is -0.351. The Balaban J connectivity index is 1.51. The number of benzene rings is 2. The molecule has 3 nitrogen and oxygen atoms in total. The highest BCUT2D eigenvalue weighted by atomic mass is 79.9. The third-order valence-corrected chi connectivity index (χ3v) is 5.21. The van der Waals surface area contributed by atoms with Crippen LogP contribution >= 0.6 is 27.3 Å². The summed E-state index contributed by atoms with van der Waals surface area (Å²) in [4.78, 5) is 24.0. The third kappa shape index (κ3) is 5.13. The van der Waals surface area contributed by atoms with E-state index in [9.17, 15) is 9.59 Å². The van der Waals surface area contributed by atoms with E-state index in [1.165, 1.54) is 0 Å². The highest BCUT2D eigenvalue weighted by Gasteiger charge is 2.10. The fraction of sp³-hybridized carbons (Fsp3) is 0.143. The lowest BCUT2D eigenvalue weighted by Gasteiger charge is -2.06. The van der Waals surface area contributed by atoms with E-state index in [1.807, 2.05) is 53.2 Å². The average Bonchev–Trinajstić information content (AvgIpc) is 3.19. The van der Waals surface area contributed by atoms with Crippen LogP contribution in [0.1, 0.15) is 22.3 Å². The summed E-state index contributed by atoms with van der Waals surface area (Å²) < 4.78 is 6.12. The molecule has 2 aromatic carbocycles. The molecule has 1 aromatic heterocycles. The van der Waals surface area contributed by atoms with Crippen LogP contribution in [0.25, 0.3) is 11.1 Å². The molecule has 0 aliphatic rings. The van der Waals surface area contributed by atoms with Gasteiger partial charge in [-0.15, -0.1) is 0 Å². The van der Waals surface area contributed by atoms with E-state index in [-0.39, 0.29) is 24.8 Å². The van der Waals surface area contributed by atoms with Crippen molar-refractivity contribution in [3.63, 3.8) is 0 Å². The molecule has 0 fully saturated rings. The first-order chi connectivity index (χ1) is 12.6. The summed E-state index contributed by atoms with van der Waals surface area (Å²) in [5.41, 5.74) is 3.76. The van der Waals surface area contributed by atoms with E-state index in [1.54, 1.807) is 23.5 Å². The molecule has 0 bridgehead atoms. The number of aryl methyl sites for hydroxylation is 1. The number of esters is 1. The van der Waals surface area contributed by atoms with Crippen LogP contribution in [0.4, 0.5) is 0 Å². The lowest BCUT2D eigenvalue weighted by molar-refractivity contribution is -0.142. The van der Waals surface area contributed by atoms with E-state index < -0.39 is 0 Å². The van der Waals surface area contributed by atoms with Crippen molar-refractivity contribution in [2.75, 3.05) is 6.61 Å². The molecule has 3 rings (SSSR count). The Kier molecular flexibility index (Phi) is 6.36. The van der Waals surface area contributed by atoms with Gasteiger partial charge in [0.05, 0.1) is 0 Å². The molecule has 0 aliphatic heterocycles. The van der Waals surface area contributed by atoms with Gasteiger partial charge < -0.3 is 4.74 Å². The summed E-state index contributed by atoms with van der Waals surface area (Å²) in [7, 11) is 0. The summed E-state index contributed by atoms with van der Waals surface area (Å²) in [6.07, 6.45) is 0.922. The topological polar surface area (TPSA) is 43.4 Å². The van der Waals surface area contributed by atoms with Gasteiger partial charge in [-0.1, -0.05) is 52.3 Å². The molecule has 5 heteroatoms. The zero-order valence-electron chi connectivity index (χ0n) is 14.0. The Hall–Kier alpha value is -2.24. The van der Waals surface area contributed by atoms with Gasteiger partial charge in [0, 0.05) is 16.5 Å². The van der Waals surface area contributed by atoms with Gasteiger partial charge >= 0.3 is 5.97 Å². The van der Waals surface area contributed by atoms with Gasteiger partial charge in [-0.25, -0.2) is 0 Å². The zero-order valence-corrected chi connectivity index (χ0v) is 16.4. The number of rotatable bonds is 7. The minimum Gasteiger partial charge on any atom is -0.457 e. The van der Waals surface area contributed by atoms with Crippen LogP contribution in [-0.2, 0) is 16.0 Å². The summed E-state index contributed by atoms with van der Waals surface area (Å²) >= 11 is 5.01. The number of thiophene rings is 1. The first-order valence-electron chi connectivity index (χ1n) is 8.18. The van der Waals surface area contributed by atoms with Gasteiger partial charge in [0.15, 0.2) is 12.4 Å². The molecule has 0 radical (unpaired) electrons. The maximum atomic E-state index is 12.2. The lowest BCUT2D eigenvalue weighted by Crippen LogP contribution is -2.14. The van der Waals surface area contributed by atoms with Crippen LogP contribution in [0.3, 0.4) is 0 Å². The van der Waals surface area contributed by atoms with Gasteiger partial charge in [0.2, 0.25) is 0 Å². The second kappa shape index (κ2) is 8.92. The Morgan fingerprint density at radius 1 is 0.923 bits per heavy atom. The van der Waals surface area contributed by atoms with Crippen molar-refractivity contribution in [3.8, 4) is 11.1 Å². The number of carbonyl (C=O) groups is 2. The maximum Gasteiger partial charge on any atom is 0.306 e. The van der Waals surface area contributed by atoms with E-state index in [0.29, 0.717) is 12.0 Å². The van der Waals surface area contributed by atoms with Gasteiger partial charge in [-0.3, -0.25) is 9.59 Å². The largest absolute Gasteiger partial charge is 0.457 e. The number of ketones is 1. The SMILES string of the molecule is O=C(CCc1ccsc1)OCC(=O)c1ccc(-c2ccc(Br)cc2)cc1. The molecular weight excluding hydrogens is 412 g/mol. The summed E-state index contributed by atoms with van der Waals surface area (Å²) in [6, 6.07) is 17.3. The molecule has 0 atom stereocenters. The van der Waals surface area contributed by atoms with Crippen LogP contribution < -0.4 is 0 Å². The van der Waals surface area contributed by atoms with Crippen molar-refractivity contribution in [3.05, 3.63) is 81.0 Å². The van der Waals surface area contributed by atoms with Crippen LogP contribution in [0.5, 0.6) is 0 Å². The number of Topliss-reactive ketones (excluding diaryl/α,β-unsaturated/α-hetero) is 1. The number of halogens is 1. The zero-order chi connectivity index (χ0) is 18.4. The van der Waals surface area contributed by atoms with Gasteiger partial charge in [0.1, 0.15) is 0 Å². The molecule has 132 valence electrons. The molecule has 0 N–H and O–H groups in total. The van der Waals surface area contributed by atoms with Gasteiger partial charge in [-0.2, -0.15) is 11.3 Å². The van der Waals surface area contributed by atoms with Crippen molar-refractivity contribution in [1.29, 1.82) is 0 Å². The average molecular weight is 429 g/mol. The fourth-order valence-electron chi connectivity index (χ4n) is 2.47. The van der Waals surface area contributed by atoms with Crippen molar-refractivity contribution in [2.45, 2.75) is 12.8 Å². The molecule has 0 amide bonds. The predicted molar refractivity (Wildman–Crippen MR) is 108 cm³/mol. The molecule has 0 saturated heterocycles. The number of ether oxygens (including phenoxy) is 1. The van der Waals surface area contributed by atoms with Crippen LogP contribution in [0.15, 0.2) is 69.8 Å². The molecule has 0 saturated carbocycles. The van der Waals surface area contributed by atoms with E-state index in [2.05, 4.69) is 15.9 Å². The normalized spacial score (nSPS) is 10.5. The fourth-order valence-corrected chi connectivity index (χ4v) is 3.44. The number of carbonyl (C=O) groups excluding carboxylic acids is 2. The second-order valence-electron chi connectivity index (χ2n) is 5.80. The van der Waals surface area contributed by atoms with Crippen LogP contribution in [0, 0.1) is 0 Å². The summed E-state index contributed by atoms with van der Waals surface area (Å²) in [5.74, 6) is -0.549.